The van der Waals surface area contributed by atoms with Gasteiger partial charge in [-0.05, 0) is 30.8 Å². The summed E-state index contributed by atoms with van der Waals surface area (Å²) in [4.78, 5) is 0. The van der Waals surface area contributed by atoms with Crippen molar-refractivity contribution in [3.05, 3.63) is 30.3 Å². The Bertz CT molecular complexity index is 419. The van der Waals surface area contributed by atoms with E-state index in [1.165, 1.54) is 0 Å². The molecule has 0 saturated heterocycles. The standard InChI is InChI=1S/C14H20N2OS/c1-14(2)11(9-12(14)17-3)16-13(18)15-10-7-5-4-6-8-10/h4-8,11-12H,9H2,1-3H3,(H2,15,16,18). The highest BCUT2D eigenvalue weighted by Gasteiger charge is 2.48. The number of para-hydroxylation sites is 1. The summed E-state index contributed by atoms with van der Waals surface area (Å²) in [6, 6.07) is 10.3. The smallest absolute Gasteiger partial charge is 0.171 e. The van der Waals surface area contributed by atoms with Crippen molar-refractivity contribution >= 4 is 23.0 Å². The molecule has 2 N–H and O–H groups in total. The van der Waals surface area contributed by atoms with Crippen LogP contribution in [0.25, 0.3) is 0 Å². The van der Waals surface area contributed by atoms with Crippen LogP contribution in [0.3, 0.4) is 0 Å². The van der Waals surface area contributed by atoms with Gasteiger partial charge in [-0.3, -0.25) is 0 Å². The van der Waals surface area contributed by atoms with Crippen LogP contribution in [-0.4, -0.2) is 24.4 Å². The van der Waals surface area contributed by atoms with Crippen LogP contribution >= 0.6 is 12.2 Å². The molecule has 1 aliphatic carbocycles. The van der Waals surface area contributed by atoms with Crippen molar-refractivity contribution in [1.82, 2.24) is 5.32 Å². The Morgan fingerprint density at radius 3 is 2.56 bits per heavy atom. The number of nitrogens with one attached hydrogen (secondary N) is 2. The molecule has 1 aliphatic rings. The number of hydrogen-bond donors (Lipinski definition) is 2. The molecule has 0 amide bonds. The minimum Gasteiger partial charge on any atom is -0.381 e. The molecule has 0 bridgehead atoms. The van der Waals surface area contributed by atoms with E-state index in [0.717, 1.165) is 12.1 Å². The first-order valence-corrected chi connectivity index (χ1v) is 6.60. The van der Waals surface area contributed by atoms with Crippen molar-refractivity contribution < 1.29 is 4.74 Å². The summed E-state index contributed by atoms with van der Waals surface area (Å²) in [5.74, 6) is 0. The first kappa shape index (κ1) is 13.3. The summed E-state index contributed by atoms with van der Waals surface area (Å²) in [5.41, 5.74) is 1.13. The summed E-state index contributed by atoms with van der Waals surface area (Å²) >= 11 is 5.33. The van der Waals surface area contributed by atoms with Crippen LogP contribution in [-0.2, 0) is 4.74 Å². The number of methoxy groups -OCH3 is 1. The lowest BCUT2D eigenvalue weighted by Gasteiger charge is -2.51. The number of rotatable bonds is 3. The maximum atomic E-state index is 5.43. The number of thiocarbonyl (C=S) groups is 1. The van der Waals surface area contributed by atoms with E-state index in [-0.39, 0.29) is 5.41 Å². The van der Waals surface area contributed by atoms with Crippen LogP contribution < -0.4 is 10.6 Å². The van der Waals surface area contributed by atoms with Crippen molar-refractivity contribution in [1.29, 1.82) is 0 Å². The number of hydrogen-bond acceptors (Lipinski definition) is 2. The van der Waals surface area contributed by atoms with E-state index in [2.05, 4.69) is 24.5 Å². The number of benzene rings is 1. The van der Waals surface area contributed by atoms with Crippen molar-refractivity contribution in [2.75, 3.05) is 12.4 Å². The first-order chi connectivity index (χ1) is 8.54. The van der Waals surface area contributed by atoms with Gasteiger partial charge in [-0.2, -0.15) is 0 Å². The van der Waals surface area contributed by atoms with Crippen molar-refractivity contribution in [2.24, 2.45) is 5.41 Å². The zero-order chi connectivity index (χ0) is 13.2. The van der Waals surface area contributed by atoms with Crippen molar-refractivity contribution in [3.8, 4) is 0 Å². The topological polar surface area (TPSA) is 33.3 Å². The molecule has 0 aromatic heterocycles. The second-order valence-electron chi connectivity index (χ2n) is 5.30. The second-order valence-corrected chi connectivity index (χ2v) is 5.71. The van der Waals surface area contributed by atoms with E-state index >= 15 is 0 Å². The average molecular weight is 264 g/mol. The van der Waals surface area contributed by atoms with Gasteiger partial charge >= 0.3 is 0 Å². The molecule has 3 nitrogen and oxygen atoms in total. The molecule has 98 valence electrons. The van der Waals surface area contributed by atoms with Gasteiger partial charge < -0.3 is 15.4 Å². The molecule has 18 heavy (non-hydrogen) atoms. The quantitative estimate of drug-likeness (QED) is 0.823. The monoisotopic (exact) mass is 264 g/mol. The maximum absolute atomic E-state index is 5.43. The molecule has 1 fully saturated rings. The molecule has 1 aromatic carbocycles. The highest BCUT2D eigenvalue weighted by molar-refractivity contribution is 7.80. The third-order valence-electron chi connectivity index (χ3n) is 3.80. The summed E-state index contributed by atoms with van der Waals surface area (Å²) in [7, 11) is 1.77. The normalized spacial score (nSPS) is 25.1. The molecular formula is C14H20N2OS. The van der Waals surface area contributed by atoms with Gasteiger partial charge in [-0.1, -0.05) is 32.0 Å². The Morgan fingerprint density at radius 2 is 2.00 bits per heavy atom. The SMILES string of the molecule is COC1CC(NC(=S)Nc2ccccc2)C1(C)C. The van der Waals surface area contributed by atoms with Crippen LogP contribution in [0.1, 0.15) is 20.3 Å². The Hall–Kier alpha value is -1.13. The maximum Gasteiger partial charge on any atom is 0.171 e. The van der Waals surface area contributed by atoms with Crippen LogP contribution in [0.5, 0.6) is 0 Å². The molecule has 2 unspecified atom stereocenters. The largest absolute Gasteiger partial charge is 0.381 e. The Morgan fingerprint density at radius 1 is 1.33 bits per heavy atom. The van der Waals surface area contributed by atoms with E-state index in [0.29, 0.717) is 17.3 Å². The second kappa shape index (κ2) is 5.24. The van der Waals surface area contributed by atoms with Gasteiger partial charge in [-0.25, -0.2) is 0 Å². The molecule has 2 rings (SSSR count). The molecular weight excluding hydrogens is 244 g/mol. The molecule has 2 atom stereocenters. The fourth-order valence-corrected chi connectivity index (χ4v) is 2.64. The Balaban J connectivity index is 1.86. The van der Waals surface area contributed by atoms with Crippen LogP contribution in [0.4, 0.5) is 5.69 Å². The van der Waals surface area contributed by atoms with Crippen molar-refractivity contribution in [2.45, 2.75) is 32.4 Å². The van der Waals surface area contributed by atoms with E-state index in [9.17, 15) is 0 Å². The van der Waals surface area contributed by atoms with Crippen LogP contribution in [0.15, 0.2) is 30.3 Å². The predicted octanol–water partition coefficient (Wildman–Crippen LogP) is 2.79. The summed E-state index contributed by atoms with van der Waals surface area (Å²) in [6.45, 7) is 4.40. The van der Waals surface area contributed by atoms with Gasteiger partial charge in [0.05, 0.1) is 6.10 Å². The lowest BCUT2D eigenvalue weighted by atomic mass is 9.64. The van der Waals surface area contributed by atoms with Gasteiger partial charge in [0.25, 0.3) is 0 Å². The zero-order valence-electron chi connectivity index (χ0n) is 11.1. The van der Waals surface area contributed by atoms with Crippen molar-refractivity contribution in [3.63, 3.8) is 0 Å². The van der Waals surface area contributed by atoms with Crippen LogP contribution in [0.2, 0.25) is 0 Å². The van der Waals surface area contributed by atoms with Crippen LogP contribution in [0, 0.1) is 5.41 Å². The van der Waals surface area contributed by atoms with Gasteiger partial charge in [0, 0.05) is 24.3 Å². The lowest BCUT2D eigenvalue weighted by molar-refractivity contribution is -0.0918. The number of anilines is 1. The first-order valence-electron chi connectivity index (χ1n) is 6.19. The molecule has 0 aliphatic heterocycles. The van der Waals surface area contributed by atoms with Gasteiger partial charge in [0.1, 0.15) is 0 Å². The highest BCUT2D eigenvalue weighted by Crippen LogP contribution is 2.42. The minimum atomic E-state index is 0.122. The molecule has 4 heteroatoms. The lowest BCUT2D eigenvalue weighted by Crippen LogP contribution is -2.62. The van der Waals surface area contributed by atoms with E-state index in [1.807, 2.05) is 30.3 Å². The Labute approximate surface area is 114 Å². The predicted molar refractivity (Wildman–Crippen MR) is 78.8 cm³/mol. The number of ether oxygens (including phenoxy) is 1. The van der Waals surface area contributed by atoms with Gasteiger partial charge in [0.2, 0.25) is 0 Å². The summed E-state index contributed by atoms with van der Waals surface area (Å²) in [5, 5.41) is 7.23. The molecule has 1 aromatic rings. The fraction of sp³-hybridized carbons (Fsp3) is 0.500. The zero-order valence-corrected chi connectivity index (χ0v) is 11.9. The molecule has 0 spiro atoms. The van der Waals surface area contributed by atoms with Gasteiger partial charge in [0.15, 0.2) is 5.11 Å². The molecule has 0 radical (unpaired) electrons. The fourth-order valence-electron chi connectivity index (χ4n) is 2.38. The minimum absolute atomic E-state index is 0.122. The summed E-state index contributed by atoms with van der Waals surface area (Å²) in [6.07, 6.45) is 1.31. The van der Waals surface area contributed by atoms with E-state index in [1.54, 1.807) is 7.11 Å². The third-order valence-corrected chi connectivity index (χ3v) is 4.02. The van der Waals surface area contributed by atoms with Gasteiger partial charge in [-0.15, -0.1) is 0 Å². The summed E-state index contributed by atoms with van der Waals surface area (Å²) < 4.78 is 5.43. The average Bonchev–Trinajstić information content (AvgIpc) is 2.35. The third kappa shape index (κ3) is 2.65. The molecule has 1 saturated carbocycles. The molecule has 0 heterocycles. The van der Waals surface area contributed by atoms with E-state index < -0.39 is 0 Å². The highest BCUT2D eigenvalue weighted by atomic mass is 32.1. The van der Waals surface area contributed by atoms with E-state index in [4.69, 9.17) is 17.0 Å². The Kier molecular flexibility index (Phi) is 3.88.